The van der Waals surface area contributed by atoms with Gasteiger partial charge in [0.25, 0.3) is 0 Å². The second-order valence-corrected chi connectivity index (χ2v) is 10.6. The van der Waals surface area contributed by atoms with Gasteiger partial charge in [0.05, 0.1) is 17.2 Å². The minimum Gasteiger partial charge on any atom is -0.372 e. The highest BCUT2D eigenvalue weighted by Gasteiger charge is 2.40. The molecule has 198 valence electrons. The van der Waals surface area contributed by atoms with E-state index in [0.717, 1.165) is 64.9 Å². The van der Waals surface area contributed by atoms with Gasteiger partial charge >= 0.3 is 0 Å². The van der Waals surface area contributed by atoms with E-state index >= 15 is 0 Å². The van der Waals surface area contributed by atoms with Gasteiger partial charge in [-0.05, 0) is 54.8 Å². The molecule has 0 radical (unpaired) electrons. The summed E-state index contributed by atoms with van der Waals surface area (Å²) in [6, 6.07) is 11.9. The number of aromatic amines is 1. The molecule has 1 aliphatic heterocycles. The molecule has 1 aliphatic carbocycles. The number of benzene rings is 2. The lowest BCUT2D eigenvalue weighted by atomic mass is 9.70. The van der Waals surface area contributed by atoms with Gasteiger partial charge in [0, 0.05) is 66.0 Å². The van der Waals surface area contributed by atoms with E-state index < -0.39 is 5.41 Å². The first-order chi connectivity index (χ1) is 18.3. The summed E-state index contributed by atoms with van der Waals surface area (Å²) in [5.74, 6) is 0.0389. The third-order valence-electron chi connectivity index (χ3n) is 7.99. The number of aryl methyl sites for hydroxylation is 1. The molecule has 0 saturated carbocycles. The van der Waals surface area contributed by atoms with E-state index in [-0.39, 0.29) is 18.3 Å². The summed E-state index contributed by atoms with van der Waals surface area (Å²) in [6.45, 7) is 10.3. The first-order valence-corrected chi connectivity index (χ1v) is 13.4. The van der Waals surface area contributed by atoms with Crippen molar-refractivity contribution in [3.05, 3.63) is 63.8 Å². The summed E-state index contributed by atoms with van der Waals surface area (Å²) in [4.78, 5) is 34.1. The van der Waals surface area contributed by atoms with Gasteiger partial charge in [-0.2, -0.15) is 5.26 Å². The Balaban J connectivity index is 1.44. The van der Waals surface area contributed by atoms with Gasteiger partial charge in [0.1, 0.15) is 6.61 Å². The number of anilines is 1. The summed E-state index contributed by atoms with van der Waals surface area (Å²) >= 11 is 0. The number of nitrogens with two attached hydrogens (primary N) is 1. The van der Waals surface area contributed by atoms with Crippen molar-refractivity contribution in [3.8, 4) is 6.07 Å². The zero-order valence-corrected chi connectivity index (χ0v) is 22.4. The van der Waals surface area contributed by atoms with Crippen LogP contribution in [0, 0.1) is 11.3 Å². The molecule has 8 nitrogen and oxygen atoms in total. The van der Waals surface area contributed by atoms with Crippen molar-refractivity contribution in [2.45, 2.75) is 39.0 Å². The predicted octanol–water partition coefficient (Wildman–Crippen LogP) is 3.49. The smallest absolute Gasteiger partial charge is 0.248 e. The number of nitrogens with one attached hydrogen (secondary N) is 1. The van der Waals surface area contributed by atoms with Crippen molar-refractivity contribution in [2.75, 3.05) is 50.8 Å². The molecule has 38 heavy (non-hydrogen) atoms. The van der Waals surface area contributed by atoms with Crippen LogP contribution >= 0.6 is 0 Å². The Morgan fingerprint density at radius 1 is 1.18 bits per heavy atom. The predicted molar refractivity (Wildman–Crippen MR) is 148 cm³/mol. The molecule has 5 rings (SSSR count). The first-order valence-electron chi connectivity index (χ1n) is 13.4. The van der Waals surface area contributed by atoms with Gasteiger partial charge in [-0.3, -0.25) is 9.59 Å². The number of ether oxygens (including phenoxy) is 1. The van der Waals surface area contributed by atoms with E-state index in [9.17, 15) is 14.9 Å². The zero-order chi connectivity index (χ0) is 27.0. The molecule has 3 aromatic rings. The van der Waals surface area contributed by atoms with Crippen LogP contribution in [0.3, 0.4) is 0 Å². The molecule has 0 unspecified atom stereocenters. The van der Waals surface area contributed by atoms with Crippen LogP contribution < -0.4 is 10.6 Å². The van der Waals surface area contributed by atoms with E-state index in [1.165, 1.54) is 0 Å². The number of nitrogens with zero attached hydrogens (tertiary/aromatic N) is 3. The summed E-state index contributed by atoms with van der Waals surface area (Å²) in [6.07, 6.45) is 1.55. The number of H-pyrrole nitrogens is 1. The fourth-order valence-corrected chi connectivity index (χ4v) is 5.79. The van der Waals surface area contributed by atoms with Crippen LogP contribution in [-0.2, 0) is 21.4 Å². The number of hydrogen-bond donors (Lipinski definition) is 2. The maximum absolute atomic E-state index is 13.9. The summed E-state index contributed by atoms with van der Waals surface area (Å²) in [5.41, 5.74) is 12.0. The largest absolute Gasteiger partial charge is 0.372 e. The maximum Gasteiger partial charge on any atom is 0.248 e. The standard InChI is InChI=1S/C30H35N5O3/c1-4-20-15-22-23(16-25(20)34-9-11-35(12-10-34)26(36)18-38-13-5-8-31)30(2,3)29-27(28(22)37)21-7-6-19(17-32)14-24(21)33-29/h6-7,14-16,33H,4-5,8-13,18,31H2,1-3H3. The average Bonchev–Trinajstić information content (AvgIpc) is 3.33. The fourth-order valence-electron chi connectivity index (χ4n) is 5.79. The number of piperazine rings is 1. The van der Waals surface area contributed by atoms with Crippen molar-refractivity contribution in [1.82, 2.24) is 9.88 Å². The Morgan fingerprint density at radius 2 is 1.95 bits per heavy atom. The van der Waals surface area contributed by atoms with Crippen molar-refractivity contribution < 1.29 is 14.3 Å². The van der Waals surface area contributed by atoms with E-state index in [4.69, 9.17) is 10.5 Å². The third kappa shape index (κ3) is 4.36. The topological polar surface area (TPSA) is 115 Å². The molecule has 2 aliphatic rings. The fraction of sp³-hybridized carbons (Fsp3) is 0.433. The quantitative estimate of drug-likeness (QED) is 0.468. The van der Waals surface area contributed by atoms with Crippen LogP contribution in [0.25, 0.3) is 10.9 Å². The van der Waals surface area contributed by atoms with Crippen LogP contribution in [0.15, 0.2) is 30.3 Å². The molecule has 3 N–H and O–H groups in total. The number of hydrogen-bond acceptors (Lipinski definition) is 6. The Hall–Kier alpha value is -3.67. The summed E-state index contributed by atoms with van der Waals surface area (Å²) < 4.78 is 5.46. The van der Waals surface area contributed by atoms with Crippen LogP contribution in [0.2, 0.25) is 0 Å². The molecule has 0 atom stereocenters. The highest BCUT2D eigenvalue weighted by atomic mass is 16.5. The lowest BCUT2D eigenvalue weighted by Crippen LogP contribution is -2.50. The second-order valence-electron chi connectivity index (χ2n) is 10.6. The van der Waals surface area contributed by atoms with E-state index in [0.29, 0.717) is 37.4 Å². The normalized spacial score (nSPS) is 16.3. The number of fused-ring (bicyclic) bond motifs is 4. The van der Waals surface area contributed by atoms with Gasteiger partial charge in [-0.15, -0.1) is 0 Å². The van der Waals surface area contributed by atoms with Gasteiger partial charge in [-0.1, -0.05) is 26.8 Å². The average molecular weight is 514 g/mol. The molecule has 2 heterocycles. The van der Waals surface area contributed by atoms with E-state index in [1.54, 1.807) is 6.07 Å². The molecular formula is C30H35N5O3. The molecule has 2 aromatic carbocycles. The zero-order valence-electron chi connectivity index (χ0n) is 22.4. The van der Waals surface area contributed by atoms with Gasteiger partial charge in [0.2, 0.25) is 5.91 Å². The van der Waals surface area contributed by atoms with Gasteiger partial charge < -0.3 is 25.3 Å². The number of ketones is 1. The summed E-state index contributed by atoms with van der Waals surface area (Å²) in [7, 11) is 0. The molecule has 0 bridgehead atoms. The minimum absolute atomic E-state index is 0.0143. The number of aromatic nitrogens is 1. The molecule has 0 spiro atoms. The van der Waals surface area contributed by atoms with Gasteiger partial charge in [0.15, 0.2) is 5.78 Å². The van der Waals surface area contributed by atoms with E-state index in [2.05, 4.69) is 48.9 Å². The Kier molecular flexibility index (Phi) is 6.99. The van der Waals surface area contributed by atoms with Gasteiger partial charge in [-0.25, -0.2) is 0 Å². The number of rotatable bonds is 7. The van der Waals surface area contributed by atoms with Crippen LogP contribution in [0.5, 0.6) is 0 Å². The molecule has 8 heteroatoms. The number of carbonyl (C=O) groups excluding carboxylic acids is 2. The number of amides is 1. The second kappa shape index (κ2) is 10.2. The van der Waals surface area contributed by atoms with Crippen LogP contribution in [-0.4, -0.2) is 67.5 Å². The molecule has 1 fully saturated rings. The molecule has 1 aromatic heterocycles. The Bertz CT molecular complexity index is 1440. The van der Waals surface area contributed by atoms with Crippen LogP contribution in [0.4, 0.5) is 5.69 Å². The van der Waals surface area contributed by atoms with Crippen molar-refractivity contribution >= 4 is 28.3 Å². The van der Waals surface area contributed by atoms with Crippen molar-refractivity contribution in [2.24, 2.45) is 5.73 Å². The number of carbonyl (C=O) groups is 2. The summed E-state index contributed by atoms with van der Waals surface area (Å²) in [5, 5.41) is 10.2. The Morgan fingerprint density at radius 3 is 2.63 bits per heavy atom. The molecule has 1 amide bonds. The lowest BCUT2D eigenvalue weighted by Gasteiger charge is -2.39. The Labute approximate surface area is 223 Å². The highest BCUT2D eigenvalue weighted by Crippen LogP contribution is 2.45. The number of nitriles is 1. The molecular weight excluding hydrogens is 478 g/mol. The van der Waals surface area contributed by atoms with Crippen molar-refractivity contribution in [3.63, 3.8) is 0 Å². The van der Waals surface area contributed by atoms with Crippen molar-refractivity contribution in [1.29, 1.82) is 5.26 Å². The van der Waals surface area contributed by atoms with E-state index in [1.807, 2.05) is 17.0 Å². The highest BCUT2D eigenvalue weighted by molar-refractivity contribution is 6.20. The minimum atomic E-state index is -0.427. The van der Waals surface area contributed by atoms with Crippen LogP contribution in [0.1, 0.15) is 65.5 Å². The lowest BCUT2D eigenvalue weighted by molar-refractivity contribution is -0.136. The maximum atomic E-state index is 13.9. The SMILES string of the molecule is CCc1cc2c(cc1N1CCN(C(=O)COCCCN)CC1)C(C)(C)c1[nH]c3cc(C#N)ccc3c1C2=O. The monoisotopic (exact) mass is 513 g/mol. The first kappa shape index (κ1) is 26.0. The third-order valence-corrected chi connectivity index (χ3v) is 7.99. The molecule has 1 saturated heterocycles.